The van der Waals surface area contributed by atoms with Gasteiger partial charge < -0.3 is 15.0 Å². The molecule has 0 aliphatic carbocycles. The van der Waals surface area contributed by atoms with E-state index in [4.69, 9.17) is 15.0 Å². The number of hydrogen-bond acceptors (Lipinski definition) is 8. The Labute approximate surface area is 154 Å². The van der Waals surface area contributed by atoms with E-state index < -0.39 is 5.91 Å². The summed E-state index contributed by atoms with van der Waals surface area (Å²) >= 11 is 0. The second-order valence-corrected chi connectivity index (χ2v) is 6.14. The van der Waals surface area contributed by atoms with Crippen LogP contribution in [-0.4, -0.2) is 68.6 Å². The summed E-state index contributed by atoms with van der Waals surface area (Å²) in [6.45, 7) is 4.94. The first kappa shape index (κ1) is 17.3. The standard InChI is InChI=1S/C17H19N7O3/c18-17(25)15-14(16(27-22-15)13-10-19-1-2-20-13)12-9-21-24(11-12)4-3-23-5-7-26-8-6-23/h1-2,9-11H,3-8H2,(H2,18,25). The van der Waals surface area contributed by atoms with E-state index in [9.17, 15) is 4.79 Å². The topological polar surface area (TPSA) is 125 Å². The predicted molar refractivity (Wildman–Crippen MR) is 94.5 cm³/mol. The first-order valence-corrected chi connectivity index (χ1v) is 8.61. The molecule has 140 valence electrons. The van der Waals surface area contributed by atoms with Gasteiger partial charge in [0.05, 0.1) is 37.7 Å². The Hall–Kier alpha value is -3.11. The number of morpholine rings is 1. The molecule has 3 aromatic rings. The van der Waals surface area contributed by atoms with Gasteiger partial charge in [0.15, 0.2) is 11.5 Å². The third kappa shape index (κ3) is 3.71. The fourth-order valence-electron chi connectivity index (χ4n) is 3.00. The summed E-state index contributed by atoms with van der Waals surface area (Å²) in [6.07, 6.45) is 8.14. The number of rotatable bonds is 6. The van der Waals surface area contributed by atoms with Gasteiger partial charge in [0, 0.05) is 43.8 Å². The number of hydrogen-bond donors (Lipinski definition) is 1. The fraction of sp³-hybridized carbons (Fsp3) is 0.353. The third-order valence-electron chi connectivity index (χ3n) is 4.39. The van der Waals surface area contributed by atoms with Crippen LogP contribution in [0.25, 0.3) is 22.6 Å². The quantitative estimate of drug-likeness (QED) is 0.663. The monoisotopic (exact) mass is 369 g/mol. The summed E-state index contributed by atoms with van der Waals surface area (Å²) < 4.78 is 12.5. The minimum absolute atomic E-state index is 0.0448. The van der Waals surface area contributed by atoms with Crippen molar-refractivity contribution < 1.29 is 14.1 Å². The first-order chi connectivity index (χ1) is 13.2. The number of aromatic nitrogens is 5. The van der Waals surface area contributed by atoms with E-state index in [2.05, 4.69) is 25.1 Å². The van der Waals surface area contributed by atoms with Crippen molar-refractivity contribution in [2.45, 2.75) is 6.54 Å². The van der Waals surface area contributed by atoms with Crippen LogP contribution < -0.4 is 5.73 Å². The minimum Gasteiger partial charge on any atom is -0.379 e. The van der Waals surface area contributed by atoms with Gasteiger partial charge in [-0.25, -0.2) is 4.98 Å². The Kier molecular flexibility index (Phi) is 4.90. The van der Waals surface area contributed by atoms with Crippen molar-refractivity contribution in [1.29, 1.82) is 0 Å². The molecule has 0 saturated carbocycles. The summed E-state index contributed by atoms with van der Waals surface area (Å²) in [6, 6.07) is 0. The molecule has 0 spiro atoms. The van der Waals surface area contributed by atoms with Gasteiger partial charge in [-0.15, -0.1) is 0 Å². The van der Waals surface area contributed by atoms with Crippen molar-refractivity contribution in [1.82, 2.24) is 29.8 Å². The molecule has 4 rings (SSSR count). The maximum absolute atomic E-state index is 11.8. The molecule has 0 unspecified atom stereocenters. The highest BCUT2D eigenvalue weighted by atomic mass is 16.5. The normalized spacial score (nSPS) is 15.1. The third-order valence-corrected chi connectivity index (χ3v) is 4.39. The summed E-state index contributed by atoms with van der Waals surface area (Å²) in [7, 11) is 0. The average molecular weight is 369 g/mol. The van der Waals surface area contributed by atoms with Gasteiger partial charge >= 0.3 is 0 Å². The van der Waals surface area contributed by atoms with Crippen molar-refractivity contribution in [3.8, 4) is 22.6 Å². The van der Waals surface area contributed by atoms with Gasteiger partial charge in [0.25, 0.3) is 5.91 Å². The summed E-state index contributed by atoms with van der Waals surface area (Å²) in [5.74, 6) is -0.338. The molecule has 0 radical (unpaired) electrons. The zero-order chi connectivity index (χ0) is 18.6. The lowest BCUT2D eigenvalue weighted by atomic mass is 10.1. The lowest BCUT2D eigenvalue weighted by molar-refractivity contribution is 0.0360. The molecule has 1 fully saturated rings. The largest absolute Gasteiger partial charge is 0.379 e. The fourth-order valence-corrected chi connectivity index (χ4v) is 3.00. The number of nitrogens with two attached hydrogens (primary N) is 1. The molecular formula is C17H19N7O3. The molecule has 0 bridgehead atoms. The Morgan fingerprint density at radius 1 is 1.19 bits per heavy atom. The lowest BCUT2D eigenvalue weighted by Gasteiger charge is -2.26. The second-order valence-electron chi connectivity index (χ2n) is 6.14. The van der Waals surface area contributed by atoms with E-state index >= 15 is 0 Å². The Morgan fingerprint density at radius 2 is 2.04 bits per heavy atom. The molecule has 27 heavy (non-hydrogen) atoms. The number of carbonyl (C=O) groups excluding carboxylic acids is 1. The smallest absolute Gasteiger partial charge is 0.271 e. The molecule has 1 aliphatic heterocycles. The highest BCUT2D eigenvalue weighted by molar-refractivity contribution is 6.00. The Bertz CT molecular complexity index is 916. The maximum atomic E-state index is 11.8. The van der Waals surface area contributed by atoms with E-state index in [1.807, 2.05) is 10.9 Å². The molecule has 10 heteroatoms. The van der Waals surface area contributed by atoms with Crippen LogP contribution in [0.1, 0.15) is 10.5 Å². The molecule has 1 amide bonds. The van der Waals surface area contributed by atoms with E-state index in [1.165, 1.54) is 12.4 Å². The second kappa shape index (κ2) is 7.64. The molecule has 0 aromatic carbocycles. The number of ether oxygens (including phenoxy) is 1. The summed E-state index contributed by atoms with van der Waals surface area (Å²) in [5.41, 5.74) is 7.13. The molecule has 0 atom stereocenters. The molecule has 10 nitrogen and oxygen atoms in total. The predicted octanol–water partition coefficient (Wildman–Crippen LogP) is 0.426. The van der Waals surface area contributed by atoms with Gasteiger partial charge in [-0.1, -0.05) is 5.16 Å². The van der Waals surface area contributed by atoms with E-state index in [0.717, 1.165) is 39.4 Å². The van der Waals surface area contributed by atoms with Gasteiger partial charge in [-0.3, -0.25) is 19.4 Å². The van der Waals surface area contributed by atoms with E-state index in [0.29, 0.717) is 22.6 Å². The van der Waals surface area contributed by atoms with Gasteiger partial charge in [0.1, 0.15) is 5.69 Å². The Morgan fingerprint density at radius 3 is 2.78 bits per heavy atom. The van der Waals surface area contributed by atoms with Crippen LogP contribution in [0.3, 0.4) is 0 Å². The minimum atomic E-state index is -0.676. The van der Waals surface area contributed by atoms with Crippen molar-refractivity contribution in [2.24, 2.45) is 5.73 Å². The number of nitrogens with zero attached hydrogens (tertiary/aromatic N) is 6. The first-order valence-electron chi connectivity index (χ1n) is 8.61. The summed E-state index contributed by atoms with van der Waals surface area (Å²) in [4.78, 5) is 22.4. The van der Waals surface area contributed by atoms with Crippen LogP contribution >= 0.6 is 0 Å². The van der Waals surface area contributed by atoms with Crippen molar-refractivity contribution in [3.63, 3.8) is 0 Å². The average Bonchev–Trinajstić information content (AvgIpc) is 3.34. The van der Waals surface area contributed by atoms with Gasteiger partial charge in [-0.05, 0) is 0 Å². The molecule has 4 heterocycles. The SMILES string of the molecule is NC(=O)c1noc(-c2cnccn2)c1-c1cnn(CCN2CCOCC2)c1. The number of primary amides is 1. The van der Waals surface area contributed by atoms with Gasteiger partial charge in [0.2, 0.25) is 0 Å². The number of carbonyl (C=O) groups is 1. The van der Waals surface area contributed by atoms with Crippen LogP contribution in [-0.2, 0) is 11.3 Å². The molecule has 2 N–H and O–H groups in total. The molecular weight excluding hydrogens is 350 g/mol. The van der Waals surface area contributed by atoms with Gasteiger partial charge in [-0.2, -0.15) is 5.10 Å². The maximum Gasteiger partial charge on any atom is 0.271 e. The van der Waals surface area contributed by atoms with Crippen molar-refractivity contribution >= 4 is 5.91 Å². The van der Waals surface area contributed by atoms with Crippen LogP contribution in [0.2, 0.25) is 0 Å². The van der Waals surface area contributed by atoms with Crippen molar-refractivity contribution in [2.75, 3.05) is 32.8 Å². The van der Waals surface area contributed by atoms with Crippen LogP contribution in [0.15, 0.2) is 35.5 Å². The van der Waals surface area contributed by atoms with Crippen LogP contribution in [0.4, 0.5) is 0 Å². The van der Waals surface area contributed by atoms with E-state index in [1.54, 1.807) is 12.4 Å². The zero-order valence-corrected chi connectivity index (χ0v) is 14.6. The number of amides is 1. The highest BCUT2D eigenvalue weighted by Gasteiger charge is 2.25. The molecule has 3 aromatic heterocycles. The summed E-state index contributed by atoms with van der Waals surface area (Å²) in [5, 5.41) is 8.21. The highest BCUT2D eigenvalue weighted by Crippen LogP contribution is 2.33. The lowest BCUT2D eigenvalue weighted by Crippen LogP contribution is -2.38. The van der Waals surface area contributed by atoms with Crippen molar-refractivity contribution in [3.05, 3.63) is 36.7 Å². The molecule has 1 aliphatic rings. The van der Waals surface area contributed by atoms with E-state index in [-0.39, 0.29) is 5.69 Å². The van der Waals surface area contributed by atoms with Crippen LogP contribution in [0, 0.1) is 0 Å². The zero-order valence-electron chi connectivity index (χ0n) is 14.6. The van der Waals surface area contributed by atoms with Crippen LogP contribution in [0.5, 0.6) is 0 Å². The molecule has 1 saturated heterocycles. The Balaban J connectivity index is 1.60.